The van der Waals surface area contributed by atoms with Crippen LogP contribution < -0.4 is 16.6 Å². The van der Waals surface area contributed by atoms with Crippen molar-refractivity contribution in [2.45, 2.75) is 26.3 Å². The number of hydrogen-bond acceptors (Lipinski definition) is 8. The van der Waals surface area contributed by atoms with E-state index < -0.39 is 17.4 Å². The number of nitrogen functional groups attached to an aromatic ring is 1. The number of nitrogens with zero attached hydrogens (tertiary/aromatic N) is 5. The Bertz CT molecular complexity index is 1580. The lowest BCUT2D eigenvalue weighted by Crippen LogP contribution is -2.27. The summed E-state index contributed by atoms with van der Waals surface area (Å²) in [5.74, 6) is 0.619. The number of aryl methyl sites for hydroxylation is 1. The molecule has 0 bridgehead atoms. The molecular weight excluding hydrogens is 449 g/mol. The smallest absolute Gasteiger partial charge is 0.266 e. The molecule has 1 atom stereocenters. The van der Waals surface area contributed by atoms with Crippen LogP contribution in [-0.4, -0.2) is 24.7 Å². The molecule has 3 aromatic heterocycles. The lowest BCUT2D eigenvalue weighted by molar-refractivity contribution is 0.394. The van der Waals surface area contributed by atoms with Crippen molar-refractivity contribution in [3.63, 3.8) is 0 Å². The van der Waals surface area contributed by atoms with Gasteiger partial charge in [-0.1, -0.05) is 42.4 Å². The van der Waals surface area contributed by atoms with Gasteiger partial charge >= 0.3 is 0 Å². The van der Waals surface area contributed by atoms with Crippen LogP contribution in [-0.2, 0) is 0 Å². The number of anilines is 2. The fourth-order valence-electron chi connectivity index (χ4n) is 4.12. The van der Waals surface area contributed by atoms with Gasteiger partial charge in [0, 0.05) is 18.3 Å². The minimum absolute atomic E-state index is 0.0317. The van der Waals surface area contributed by atoms with Gasteiger partial charge in [0.1, 0.15) is 29.3 Å². The Balaban J connectivity index is 1.71. The van der Waals surface area contributed by atoms with E-state index in [0.29, 0.717) is 40.5 Å². The van der Waals surface area contributed by atoms with Crippen molar-refractivity contribution in [2.75, 3.05) is 11.1 Å². The normalized spacial score (nSPS) is 12.1. The second-order valence-corrected chi connectivity index (χ2v) is 7.97. The summed E-state index contributed by atoms with van der Waals surface area (Å²) in [6.07, 6.45) is 1.91. The zero-order valence-electron chi connectivity index (χ0n) is 19.1. The van der Waals surface area contributed by atoms with Crippen molar-refractivity contribution < 1.29 is 8.91 Å². The maximum atomic E-state index is 14.7. The van der Waals surface area contributed by atoms with E-state index in [1.165, 1.54) is 17.0 Å². The highest BCUT2D eigenvalue weighted by Gasteiger charge is 2.23. The minimum Gasteiger partial charge on any atom is -0.383 e. The number of fused-ring (bicyclic) bond motifs is 1. The molecule has 176 valence electrons. The third-order valence-electron chi connectivity index (χ3n) is 5.74. The van der Waals surface area contributed by atoms with Crippen LogP contribution in [0, 0.1) is 12.7 Å². The molecule has 5 aromatic rings. The van der Waals surface area contributed by atoms with Gasteiger partial charge in [-0.3, -0.25) is 9.36 Å². The number of pyridine rings is 1. The highest BCUT2D eigenvalue weighted by atomic mass is 19.1. The molecule has 0 aliphatic rings. The van der Waals surface area contributed by atoms with Crippen molar-refractivity contribution >= 4 is 22.4 Å². The molecule has 0 aliphatic heterocycles. The van der Waals surface area contributed by atoms with E-state index in [4.69, 9.17) is 10.3 Å². The summed E-state index contributed by atoms with van der Waals surface area (Å²) >= 11 is 0. The molecule has 0 unspecified atom stereocenters. The first-order valence-electron chi connectivity index (χ1n) is 11.0. The lowest BCUT2D eigenvalue weighted by atomic mass is 10.0. The fourth-order valence-corrected chi connectivity index (χ4v) is 4.12. The first-order valence-corrected chi connectivity index (χ1v) is 11.0. The zero-order chi connectivity index (χ0) is 24.5. The number of aromatic nitrogens is 5. The second-order valence-electron chi connectivity index (χ2n) is 7.97. The summed E-state index contributed by atoms with van der Waals surface area (Å²) in [5, 5.41) is 7.87. The highest BCUT2D eigenvalue weighted by molar-refractivity contribution is 5.83. The fraction of sp³-hybridized carbons (Fsp3) is 0.160. The summed E-state index contributed by atoms with van der Waals surface area (Å²) in [7, 11) is 0. The monoisotopic (exact) mass is 471 g/mol. The van der Waals surface area contributed by atoms with E-state index in [-0.39, 0.29) is 17.0 Å². The second kappa shape index (κ2) is 8.98. The van der Waals surface area contributed by atoms with Gasteiger partial charge in [-0.05, 0) is 36.1 Å². The highest BCUT2D eigenvalue weighted by Crippen LogP contribution is 2.33. The molecule has 10 heteroatoms. The summed E-state index contributed by atoms with van der Waals surface area (Å²) in [6, 6.07) is 15.1. The van der Waals surface area contributed by atoms with Gasteiger partial charge < -0.3 is 15.6 Å². The van der Waals surface area contributed by atoms with Gasteiger partial charge in [0.05, 0.1) is 11.4 Å². The number of nitrogens with one attached hydrogen (secondary N) is 1. The van der Waals surface area contributed by atoms with Crippen LogP contribution in [0.3, 0.4) is 0 Å². The quantitative estimate of drug-likeness (QED) is 0.373. The Hall–Kier alpha value is -4.60. The molecular formula is C25H22FN7O2. The number of nitrogens with two attached hydrogens (primary N) is 1. The molecule has 3 heterocycles. The number of benzene rings is 2. The molecule has 3 N–H and O–H groups in total. The average molecular weight is 471 g/mol. The molecule has 35 heavy (non-hydrogen) atoms. The third-order valence-corrected chi connectivity index (χ3v) is 5.74. The predicted octanol–water partition coefficient (Wildman–Crippen LogP) is 4.42. The molecule has 0 radical (unpaired) electrons. The van der Waals surface area contributed by atoms with Crippen molar-refractivity contribution in [1.82, 2.24) is 24.7 Å². The largest absolute Gasteiger partial charge is 0.383 e. The molecule has 0 spiro atoms. The van der Waals surface area contributed by atoms with Gasteiger partial charge in [-0.15, -0.1) is 0 Å². The molecule has 9 nitrogen and oxygen atoms in total. The SMILES string of the molecule is CC[C@H](Nc1ncnc(N)c1-c1noc(C)n1)c1cc2cccc(F)c2c(=O)n1-c1ccccc1. The summed E-state index contributed by atoms with van der Waals surface area (Å²) < 4.78 is 21.3. The zero-order valence-corrected chi connectivity index (χ0v) is 19.1. The van der Waals surface area contributed by atoms with Gasteiger partial charge in [0.2, 0.25) is 11.7 Å². The van der Waals surface area contributed by atoms with Crippen molar-refractivity contribution in [1.29, 1.82) is 0 Å². The topological polar surface area (TPSA) is 125 Å². The average Bonchev–Trinajstić information content (AvgIpc) is 3.28. The van der Waals surface area contributed by atoms with Gasteiger partial charge in [0.15, 0.2) is 0 Å². The number of para-hydroxylation sites is 1. The Morgan fingerprint density at radius 2 is 1.94 bits per heavy atom. The standard InChI is InChI=1S/C25H22FN7O2/c1-3-18(31-23-21(22(27)28-13-29-23)24-30-14(2)35-32-24)19-12-15-8-7-11-17(26)20(15)25(34)33(19)16-9-5-4-6-10-16/h4-13,18H,3H2,1-2H3,(H3,27,28,29,31)/t18-/m0/s1. The molecule has 0 amide bonds. The van der Waals surface area contributed by atoms with Crippen molar-refractivity contribution in [3.05, 3.63) is 88.7 Å². The summed E-state index contributed by atoms with van der Waals surface area (Å²) in [6.45, 7) is 3.64. The number of rotatable bonds is 6. The van der Waals surface area contributed by atoms with E-state index in [0.717, 1.165) is 0 Å². The van der Waals surface area contributed by atoms with E-state index in [1.54, 1.807) is 31.2 Å². The van der Waals surface area contributed by atoms with Crippen LogP contribution in [0.1, 0.15) is 31.0 Å². The predicted molar refractivity (Wildman–Crippen MR) is 131 cm³/mol. The Morgan fingerprint density at radius 1 is 1.14 bits per heavy atom. The van der Waals surface area contributed by atoms with Gasteiger partial charge in [-0.2, -0.15) is 4.98 Å². The van der Waals surface area contributed by atoms with Crippen LogP contribution in [0.2, 0.25) is 0 Å². The van der Waals surface area contributed by atoms with Gasteiger partial charge in [0.25, 0.3) is 5.56 Å². The van der Waals surface area contributed by atoms with Crippen LogP contribution in [0.5, 0.6) is 0 Å². The first kappa shape index (κ1) is 22.2. The van der Waals surface area contributed by atoms with E-state index in [9.17, 15) is 9.18 Å². The Morgan fingerprint density at radius 3 is 2.66 bits per heavy atom. The molecule has 0 saturated carbocycles. The van der Waals surface area contributed by atoms with E-state index in [2.05, 4.69) is 25.4 Å². The maximum Gasteiger partial charge on any atom is 0.266 e. The third kappa shape index (κ3) is 3.99. The van der Waals surface area contributed by atoms with E-state index >= 15 is 0 Å². The molecule has 5 rings (SSSR count). The summed E-state index contributed by atoms with van der Waals surface area (Å²) in [5.41, 5.74) is 7.34. The first-order chi connectivity index (χ1) is 17.0. The molecule has 0 fully saturated rings. The lowest BCUT2D eigenvalue weighted by Gasteiger charge is -2.24. The van der Waals surface area contributed by atoms with Crippen LogP contribution in [0.25, 0.3) is 27.8 Å². The number of hydrogen-bond donors (Lipinski definition) is 2. The van der Waals surface area contributed by atoms with Crippen molar-refractivity contribution in [3.8, 4) is 17.1 Å². The van der Waals surface area contributed by atoms with Crippen LogP contribution in [0.15, 0.2) is 70.2 Å². The molecule has 2 aromatic carbocycles. The maximum absolute atomic E-state index is 14.7. The van der Waals surface area contributed by atoms with E-state index in [1.807, 2.05) is 31.2 Å². The van der Waals surface area contributed by atoms with Gasteiger partial charge in [-0.25, -0.2) is 14.4 Å². The Labute approximate surface area is 199 Å². The van der Waals surface area contributed by atoms with Crippen LogP contribution in [0.4, 0.5) is 16.0 Å². The molecule has 0 saturated heterocycles. The van der Waals surface area contributed by atoms with Crippen LogP contribution >= 0.6 is 0 Å². The molecule has 0 aliphatic carbocycles. The Kier molecular flexibility index (Phi) is 5.69. The minimum atomic E-state index is -0.567. The summed E-state index contributed by atoms with van der Waals surface area (Å²) in [4.78, 5) is 26.3. The number of halogens is 1. The van der Waals surface area contributed by atoms with Crippen molar-refractivity contribution in [2.24, 2.45) is 0 Å².